The van der Waals surface area contributed by atoms with Crippen LogP contribution in [0.2, 0.25) is 0 Å². The molecule has 0 aromatic heterocycles. The fourth-order valence-corrected chi connectivity index (χ4v) is 2.23. The molecule has 1 atom stereocenters. The van der Waals surface area contributed by atoms with Gasteiger partial charge in [0.15, 0.2) is 0 Å². The van der Waals surface area contributed by atoms with Gasteiger partial charge in [-0.25, -0.2) is 0 Å². The van der Waals surface area contributed by atoms with Crippen molar-refractivity contribution in [2.75, 3.05) is 13.7 Å². The number of rotatable bonds is 2. The van der Waals surface area contributed by atoms with E-state index in [-0.39, 0.29) is 6.04 Å². The predicted molar refractivity (Wildman–Crippen MR) is 59.5 cm³/mol. The molecule has 2 N–H and O–H groups in total. The number of hydrogen-bond donors (Lipinski definition) is 1. The van der Waals surface area contributed by atoms with E-state index in [2.05, 4.69) is 0 Å². The summed E-state index contributed by atoms with van der Waals surface area (Å²) in [5.74, 6) is 1.88. The minimum Gasteiger partial charge on any atom is -0.496 e. The molecule has 82 valence electrons. The number of nitrogens with two attached hydrogens (primary N) is 1. The summed E-state index contributed by atoms with van der Waals surface area (Å²) in [4.78, 5) is 0. The van der Waals surface area contributed by atoms with Crippen molar-refractivity contribution in [3.8, 4) is 11.5 Å². The molecular weight excluding hydrogens is 190 g/mol. The van der Waals surface area contributed by atoms with E-state index < -0.39 is 0 Å². The van der Waals surface area contributed by atoms with Gasteiger partial charge in [-0.3, -0.25) is 0 Å². The lowest BCUT2D eigenvalue weighted by molar-refractivity contribution is 0.356. The lowest BCUT2D eigenvalue weighted by Crippen LogP contribution is -2.10. The average Bonchev–Trinajstić information content (AvgIpc) is 2.62. The highest BCUT2D eigenvalue weighted by Gasteiger charge is 2.23. The van der Waals surface area contributed by atoms with Crippen LogP contribution in [0.25, 0.3) is 0 Å². The van der Waals surface area contributed by atoms with Crippen LogP contribution >= 0.6 is 0 Å². The minimum atomic E-state index is -0.0182. The maximum absolute atomic E-state index is 6.00. The third-order valence-corrected chi connectivity index (χ3v) is 2.84. The summed E-state index contributed by atoms with van der Waals surface area (Å²) in [5, 5.41) is 0. The SMILES string of the molecule is COc1c(C)cc2c(c1C(C)N)CCO2. The van der Waals surface area contributed by atoms with Crippen LogP contribution in [0.3, 0.4) is 0 Å². The highest BCUT2D eigenvalue weighted by Crippen LogP contribution is 2.39. The maximum atomic E-state index is 6.00. The quantitative estimate of drug-likeness (QED) is 0.806. The van der Waals surface area contributed by atoms with Gasteiger partial charge in [0, 0.05) is 23.6 Å². The summed E-state index contributed by atoms with van der Waals surface area (Å²) < 4.78 is 11.0. The Hall–Kier alpha value is -1.22. The molecule has 1 aliphatic heterocycles. The van der Waals surface area contributed by atoms with E-state index in [1.54, 1.807) is 7.11 Å². The van der Waals surface area contributed by atoms with E-state index >= 15 is 0 Å². The number of fused-ring (bicyclic) bond motifs is 1. The Morgan fingerprint density at radius 3 is 2.87 bits per heavy atom. The fourth-order valence-electron chi connectivity index (χ4n) is 2.23. The van der Waals surface area contributed by atoms with Crippen LogP contribution in [-0.2, 0) is 6.42 Å². The number of aryl methyl sites for hydroxylation is 1. The molecule has 0 radical (unpaired) electrons. The highest BCUT2D eigenvalue weighted by atomic mass is 16.5. The summed E-state index contributed by atoms with van der Waals surface area (Å²) in [5.41, 5.74) is 9.40. The van der Waals surface area contributed by atoms with Crippen LogP contribution in [0, 0.1) is 6.92 Å². The first-order valence-electron chi connectivity index (χ1n) is 5.24. The largest absolute Gasteiger partial charge is 0.496 e. The van der Waals surface area contributed by atoms with E-state index in [0.717, 1.165) is 35.7 Å². The molecule has 2 rings (SSSR count). The Morgan fingerprint density at radius 2 is 2.27 bits per heavy atom. The molecule has 0 spiro atoms. The highest BCUT2D eigenvalue weighted by molar-refractivity contribution is 5.55. The van der Waals surface area contributed by atoms with Gasteiger partial charge in [-0.15, -0.1) is 0 Å². The summed E-state index contributed by atoms with van der Waals surface area (Å²) in [7, 11) is 1.69. The van der Waals surface area contributed by atoms with Crippen molar-refractivity contribution in [2.45, 2.75) is 26.3 Å². The molecular formula is C12H17NO2. The lowest BCUT2D eigenvalue weighted by Gasteiger charge is -2.17. The standard InChI is InChI=1S/C12H17NO2/c1-7-6-10-9(4-5-15-10)11(8(2)13)12(7)14-3/h6,8H,4-5,13H2,1-3H3. The average molecular weight is 207 g/mol. The van der Waals surface area contributed by atoms with Crippen molar-refractivity contribution >= 4 is 0 Å². The Balaban J connectivity index is 2.66. The first-order valence-corrected chi connectivity index (χ1v) is 5.24. The molecule has 0 saturated carbocycles. The van der Waals surface area contributed by atoms with Crippen molar-refractivity contribution in [1.29, 1.82) is 0 Å². The Morgan fingerprint density at radius 1 is 1.53 bits per heavy atom. The Kier molecular flexibility index (Phi) is 2.57. The topological polar surface area (TPSA) is 44.5 Å². The van der Waals surface area contributed by atoms with Crippen molar-refractivity contribution in [3.63, 3.8) is 0 Å². The van der Waals surface area contributed by atoms with Gasteiger partial charge in [0.25, 0.3) is 0 Å². The van der Waals surface area contributed by atoms with E-state index in [9.17, 15) is 0 Å². The molecule has 15 heavy (non-hydrogen) atoms. The van der Waals surface area contributed by atoms with Crippen molar-refractivity contribution < 1.29 is 9.47 Å². The van der Waals surface area contributed by atoms with Gasteiger partial charge in [0.2, 0.25) is 0 Å². The third-order valence-electron chi connectivity index (χ3n) is 2.84. The van der Waals surface area contributed by atoms with Crippen LogP contribution in [0.4, 0.5) is 0 Å². The summed E-state index contributed by atoms with van der Waals surface area (Å²) in [6.07, 6.45) is 0.933. The first-order chi connectivity index (χ1) is 7.15. The number of ether oxygens (including phenoxy) is 2. The second-order valence-corrected chi connectivity index (χ2v) is 4.00. The predicted octanol–water partition coefficient (Wildman–Crippen LogP) is 1.96. The van der Waals surface area contributed by atoms with Gasteiger partial charge in [0.05, 0.1) is 13.7 Å². The molecule has 0 amide bonds. The van der Waals surface area contributed by atoms with Gasteiger partial charge in [0.1, 0.15) is 11.5 Å². The Bertz CT molecular complexity index is 382. The molecule has 0 bridgehead atoms. The molecule has 1 aliphatic rings. The lowest BCUT2D eigenvalue weighted by atomic mass is 9.96. The van der Waals surface area contributed by atoms with Gasteiger partial charge in [-0.2, -0.15) is 0 Å². The first kappa shape index (κ1) is 10.3. The van der Waals surface area contributed by atoms with E-state index in [0.29, 0.717) is 0 Å². The zero-order valence-electron chi connectivity index (χ0n) is 9.46. The zero-order chi connectivity index (χ0) is 11.0. The molecule has 0 saturated heterocycles. The molecule has 1 aromatic carbocycles. The van der Waals surface area contributed by atoms with Crippen LogP contribution in [-0.4, -0.2) is 13.7 Å². The summed E-state index contributed by atoms with van der Waals surface area (Å²) in [6, 6.07) is 2.02. The molecule has 0 aliphatic carbocycles. The van der Waals surface area contributed by atoms with Crippen molar-refractivity contribution in [2.24, 2.45) is 5.73 Å². The number of benzene rings is 1. The van der Waals surface area contributed by atoms with Crippen LogP contribution in [0.15, 0.2) is 6.07 Å². The van der Waals surface area contributed by atoms with Crippen molar-refractivity contribution in [1.82, 2.24) is 0 Å². The van der Waals surface area contributed by atoms with Gasteiger partial charge in [-0.05, 0) is 25.5 Å². The fraction of sp³-hybridized carbons (Fsp3) is 0.500. The summed E-state index contributed by atoms with van der Waals surface area (Å²) in [6.45, 7) is 4.75. The third kappa shape index (κ3) is 1.57. The normalized spacial score (nSPS) is 15.7. The van der Waals surface area contributed by atoms with Crippen LogP contribution in [0.1, 0.15) is 29.7 Å². The number of hydrogen-bond acceptors (Lipinski definition) is 3. The second-order valence-electron chi connectivity index (χ2n) is 4.00. The van der Waals surface area contributed by atoms with Gasteiger partial charge < -0.3 is 15.2 Å². The molecule has 1 heterocycles. The Labute approximate surface area is 90.2 Å². The van der Waals surface area contributed by atoms with E-state index in [4.69, 9.17) is 15.2 Å². The second kappa shape index (κ2) is 3.74. The van der Waals surface area contributed by atoms with Crippen LogP contribution in [0.5, 0.6) is 11.5 Å². The smallest absolute Gasteiger partial charge is 0.127 e. The monoisotopic (exact) mass is 207 g/mol. The van der Waals surface area contributed by atoms with Gasteiger partial charge >= 0.3 is 0 Å². The number of methoxy groups -OCH3 is 1. The van der Waals surface area contributed by atoms with E-state index in [1.807, 2.05) is 19.9 Å². The van der Waals surface area contributed by atoms with Crippen molar-refractivity contribution in [3.05, 3.63) is 22.8 Å². The summed E-state index contributed by atoms with van der Waals surface area (Å²) >= 11 is 0. The maximum Gasteiger partial charge on any atom is 0.127 e. The van der Waals surface area contributed by atoms with E-state index in [1.165, 1.54) is 5.56 Å². The molecule has 3 heteroatoms. The molecule has 1 unspecified atom stereocenters. The molecule has 0 fully saturated rings. The van der Waals surface area contributed by atoms with Crippen LogP contribution < -0.4 is 15.2 Å². The molecule has 1 aromatic rings. The zero-order valence-corrected chi connectivity index (χ0v) is 9.46. The molecule has 3 nitrogen and oxygen atoms in total. The van der Waals surface area contributed by atoms with Gasteiger partial charge in [-0.1, -0.05) is 0 Å². The minimum absolute atomic E-state index is 0.0182.